The molecule has 3 aromatic rings. The number of hydrogen-bond donors (Lipinski definition) is 1. The number of ketones is 1. The summed E-state index contributed by atoms with van der Waals surface area (Å²) in [6, 6.07) is 24.7. The van der Waals surface area contributed by atoms with E-state index < -0.39 is 17.4 Å². The summed E-state index contributed by atoms with van der Waals surface area (Å²) in [5.41, 5.74) is 0.691. The van der Waals surface area contributed by atoms with Crippen molar-refractivity contribution in [3.05, 3.63) is 95.6 Å². The monoisotopic (exact) mass is 423 g/mol. The lowest BCUT2D eigenvalue weighted by molar-refractivity contribution is -0.140. The molecule has 2 aliphatic heterocycles. The Hall–Kier alpha value is -4.44. The Morgan fingerprint density at radius 1 is 1.06 bits per heavy atom. The summed E-state index contributed by atoms with van der Waals surface area (Å²) < 4.78 is 5.57. The standard InChI is InChI=1S/C25H17N3O4/c26-14-15-31-20-13-7-4-10-17(20)22-21(23(29)16-8-2-1-3-9-16)25(32-28-22)18-11-5-6-12-19(18)27-24(25)30/h1-13,21H,15H2,(H,27,30)/t21-,25-/m0/s1. The average molecular weight is 423 g/mol. The van der Waals surface area contributed by atoms with Crippen molar-refractivity contribution in [1.82, 2.24) is 0 Å². The van der Waals surface area contributed by atoms with Crippen LogP contribution in [-0.2, 0) is 15.2 Å². The van der Waals surface area contributed by atoms with Crippen LogP contribution >= 0.6 is 0 Å². The van der Waals surface area contributed by atoms with Crippen molar-refractivity contribution in [2.45, 2.75) is 5.60 Å². The van der Waals surface area contributed by atoms with E-state index in [4.69, 9.17) is 14.8 Å². The van der Waals surface area contributed by atoms with Gasteiger partial charge in [-0.2, -0.15) is 5.26 Å². The highest BCUT2D eigenvalue weighted by Gasteiger charge is 2.63. The van der Waals surface area contributed by atoms with Gasteiger partial charge in [0.05, 0.1) is 0 Å². The third kappa shape index (κ3) is 2.85. The number of amides is 1. The highest BCUT2D eigenvalue weighted by atomic mass is 16.7. The molecule has 156 valence electrons. The fraction of sp³-hybridized carbons (Fsp3) is 0.120. The minimum absolute atomic E-state index is 0.170. The van der Waals surface area contributed by atoms with Gasteiger partial charge in [0, 0.05) is 22.4 Å². The van der Waals surface area contributed by atoms with Crippen LogP contribution in [0.2, 0.25) is 0 Å². The van der Waals surface area contributed by atoms with Gasteiger partial charge in [-0.3, -0.25) is 9.59 Å². The summed E-state index contributed by atoms with van der Waals surface area (Å²) in [7, 11) is 0. The molecular formula is C25H17N3O4. The van der Waals surface area contributed by atoms with Crippen molar-refractivity contribution in [2.24, 2.45) is 11.1 Å². The topological polar surface area (TPSA) is 101 Å². The fourth-order valence-corrected chi connectivity index (χ4v) is 4.25. The number of oxime groups is 1. The second kappa shape index (κ2) is 7.67. The normalized spacial score (nSPS) is 20.7. The van der Waals surface area contributed by atoms with E-state index >= 15 is 0 Å². The molecule has 1 amide bonds. The number of carbonyl (C=O) groups excluding carboxylic acids is 2. The lowest BCUT2D eigenvalue weighted by Crippen LogP contribution is -2.46. The van der Waals surface area contributed by atoms with E-state index in [0.717, 1.165) is 0 Å². The van der Waals surface area contributed by atoms with Crippen LogP contribution in [0.3, 0.4) is 0 Å². The Labute approximate surface area is 183 Å². The van der Waals surface area contributed by atoms with Gasteiger partial charge in [0.25, 0.3) is 11.5 Å². The van der Waals surface area contributed by atoms with Crippen LogP contribution in [0.25, 0.3) is 0 Å². The number of hydrogen-bond acceptors (Lipinski definition) is 6. The maximum absolute atomic E-state index is 13.8. The first-order valence-electron chi connectivity index (χ1n) is 10.0. The average Bonchev–Trinajstić information content (AvgIpc) is 3.37. The molecule has 0 radical (unpaired) electrons. The lowest BCUT2D eigenvalue weighted by atomic mass is 9.74. The third-order valence-electron chi connectivity index (χ3n) is 5.66. The van der Waals surface area contributed by atoms with Crippen LogP contribution in [-0.4, -0.2) is 24.0 Å². The zero-order valence-electron chi connectivity index (χ0n) is 16.8. The van der Waals surface area contributed by atoms with Gasteiger partial charge in [-0.25, -0.2) is 0 Å². The van der Waals surface area contributed by atoms with Crippen LogP contribution in [0.4, 0.5) is 5.69 Å². The fourth-order valence-electron chi connectivity index (χ4n) is 4.25. The molecule has 2 heterocycles. The van der Waals surface area contributed by atoms with E-state index in [9.17, 15) is 9.59 Å². The number of nitrogens with zero attached hydrogens (tertiary/aromatic N) is 2. The number of rotatable bonds is 5. The van der Waals surface area contributed by atoms with Crippen molar-refractivity contribution in [3.63, 3.8) is 0 Å². The highest BCUT2D eigenvalue weighted by molar-refractivity contribution is 6.25. The maximum Gasteiger partial charge on any atom is 0.277 e. The Balaban J connectivity index is 1.69. The number of carbonyl (C=O) groups is 2. The zero-order valence-corrected chi connectivity index (χ0v) is 16.8. The van der Waals surface area contributed by atoms with E-state index in [1.54, 1.807) is 72.8 Å². The van der Waals surface area contributed by atoms with Crippen molar-refractivity contribution in [3.8, 4) is 11.8 Å². The minimum atomic E-state index is -1.64. The smallest absolute Gasteiger partial charge is 0.277 e. The molecule has 2 atom stereocenters. The molecule has 0 saturated heterocycles. The third-order valence-corrected chi connectivity index (χ3v) is 5.66. The predicted molar refractivity (Wildman–Crippen MR) is 116 cm³/mol. The number of benzene rings is 3. The van der Waals surface area contributed by atoms with Gasteiger partial charge in [0.15, 0.2) is 12.4 Å². The molecule has 2 aliphatic rings. The van der Waals surface area contributed by atoms with Gasteiger partial charge in [-0.05, 0) is 18.2 Å². The first-order chi connectivity index (χ1) is 15.7. The number of Topliss-reactive ketones (excluding diaryl/α,β-unsaturated/α-hetero) is 1. The molecule has 0 fully saturated rings. The van der Waals surface area contributed by atoms with Crippen molar-refractivity contribution >= 4 is 23.1 Å². The molecule has 7 heteroatoms. The Morgan fingerprint density at radius 2 is 1.78 bits per heavy atom. The summed E-state index contributed by atoms with van der Waals surface area (Å²) in [6.07, 6.45) is 0. The molecule has 0 aromatic heterocycles. The van der Waals surface area contributed by atoms with Gasteiger partial charge in [-0.1, -0.05) is 65.8 Å². The molecule has 0 bridgehead atoms. The van der Waals surface area contributed by atoms with Crippen molar-refractivity contribution in [1.29, 1.82) is 5.26 Å². The number of nitriles is 1. The number of para-hydroxylation sites is 2. The summed E-state index contributed by atoms with van der Waals surface area (Å²) >= 11 is 0. The highest BCUT2D eigenvalue weighted by Crippen LogP contribution is 2.50. The van der Waals surface area contributed by atoms with Crippen LogP contribution in [0.15, 0.2) is 84.0 Å². The molecule has 0 saturated carbocycles. The van der Waals surface area contributed by atoms with Gasteiger partial charge < -0.3 is 14.9 Å². The van der Waals surface area contributed by atoms with E-state index in [2.05, 4.69) is 10.5 Å². The lowest BCUT2D eigenvalue weighted by Gasteiger charge is -2.27. The molecule has 3 aromatic carbocycles. The van der Waals surface area contributed by atoms with Gasteiger partial charge in [-0.15, -0.1) is 0 Å². The summed E-state index contributed by atoms with van der Waals surface area (Å²) in [5, 5.41) is 16.0. The summed E-state index contributed by atoms with van der Waals surface area (Å²) in [6.45, 7) is -0.170. The largest absolute Gasteiger partial charge is 0.478 e. The van der Waals surface area contributed by atoms with E-state index in [-0.39, 0.29) is 18.1 Å². The summed E-state index contributed by atoms with van der Waals surface area (Å²) in [5.74, 6) is -1.43. The van der Waals surface area contributed by atoms with Crippen LogP contribution in [0.1, 0.15) is 21.5 Å². The van der Waals surface area contributed by atoms with Crippen LogP contribution in [0.5, 0.6) is 5.75 Å². The molecular weight excluding hydrogens is 406 g/mol. The Morgan fingerprint density at radius 3 is 2.59 bits per heavy atom. The Bertz CT molecular complexity index is 1300. The predicted octanol–water partition coefficient (Wildman–Crippen LogP) is 3.67. The minimum Gasteiger partial charge on any atom is -0.478 e. The van der Waals surface area contributed by atoms with Crippen molar-refractivity contribution < 1.29 is 19.2 Å². The molecule has 1 N–H and O–H groups in total. The first kappa shape index (κ1) is 19.5. The van der Waals surface area contributed by atoms with Crippen molar-refractivity contribution in [2.75, 3.05) is 11.9 Å². The molecule has 1 spiro atoms. The van der Waals surface area contributed by atoms with Crippen LogP contribution in [0, 0.1) is 17.2 Å². The van der Waals surface area contributed by atoms with Gasteiger partial charge in [0.2, 0.25) is 0 Å². The second-order valence-electron chi connectivity index (χ2n) is 7.41. The zero-order chi connectivity index (χ0) is 22.1. The Kier molecular flexibility index (Phi) is 4.68. The molecule has 7 nitrogen and oxygen atoms in total. The molecule has 5 rings (SSSR count). The van der Waals surface area contributed by atoms with E-state index in [1.165, 1.54) is 0 Å². The second-order valence-corrected chi connectivity index (χ2v) is 7.41. The number of anilines is 1. The van der Waals surface area contributed by atoms with Gasteiger partial charge >= 0.3 is 0 Å². The number of nitrogens with one attached hydrogen (secondary N) is 1. The van der Waals surface area contributed by atoms with E-state index in [1.807, 2.05) is 12.1 Å². The quantitative estimate of drug-likeness (QED) is 0.631. The SMILES string of the molecule is N#CCOc1ccccc1C1=NO[C@]2(C(=O)Nc3ccccc32)[C@@H]1C(=O)c1ccccc1. The van der Waals surface area contributed by atoms with Gasteiger partial charge in [0.1, 0.15) is 23.4 Å². The number of fused-ring (bicyclic) bond motifs is 2. The van der Waals surface area contributed by atoms with E-state index in [0.29, 0.717) is 28.1 Å². The maximum atomic E-state index is 13.8. The number of ether oxygens (including phenoxy) is 1. The molecule has 0 aliphatic carbocycles. The molecule has 32 heavy (non-hydrogen) atoms. The molecule has 0 unspecified atom stereocenters. The first-order valence-corrected chi connectivity index (χ1v) is 10.0. The summed E-state index contributed by atoms with van der Waals surface area (Å²) in [4.78, 5) is 33.0. The van der Waals surface area contributed by atoms with Crippen LogP contribution < -0.4 is 10.1 Å².